The van der Waals surface area contributed by atoms with Crippen LogP contribution >= 0.6 is 0 Å². The van der Waals surface area contributed by atoms with E-state index in [1.54, 1.807) is 6.20 Å². The van der Waals surface area contributed by atoms with Gasteiger partial charge in [0.15, 0.2) is 5.82 Å². The molecule has 1 atom stereocenters. The fraction of sp³-hybridized carbons (Fsp3) is 0.333. The van der Waals surface area contributed by atoms with Gasteiger partial charge in [0.2, 0.25) is 5.91 Å². The third-order valence-corrected chi connectivity index (χ3v) is 6.13. The minimum absolute atomic E-state index is 0.188. The van der Waals surface area contributed by atoms with Crippen molar-refractivity contribution in [3.8, 4) is 11.1 Å². The number of aromatic nitrogens is 6. The van der Waals surface area contributed by atoms with Crippen molar-refractivity contribution in [3.05, 3.63) is 54.6 Å². The van der Waals surface area contributed by atoms with Gasteiger partial charge < -0.3 is 10.2 Å². The highest BCUT2D eigenvalue weighted by molar-refractivity contribution is 5.81. The fourth-order valence-electron chi connectivity index (χ4n) is 4.03. The van der Waals surface area contributed by atoms with Gasteiger partial charge in [-0.05, 0) is 42.2 Å². The van der Waals surface area contributed by atoms with Gasteiger partial charge in [0.25, 0.3) is 0 Å². The van der Waals surface area contributed by atoms with Crippen LogP contribution in [0.3, 0.4) is 0 Å². The summed E-state index contributed by atoms with van der Waals surface area (Å²) in [4.78, 5) is 22.9. The molecule has 9 heteroatoms. The van der Waals surface area contributed by atoms with E-state index >= 15 is 0 Å². The SMILES string of the molecule is CC(C)c1cnnc(Nc2ccc3ncc(-c4cnn(CC5CCC(=O)N5C)c4)cc3n2)c1. The zero-order valence-corrected chi connectivity index (χ0v) is 18.9. The lowest BCUT2D eigenvalue weighted by Gasteiger charge is -2.19. The molecule has 4 aromatic heterocycles. The minimum Gasteiger partial charge on any atom is -0.341 e. The van der Waals surface area contributed by atoms with E-state index in [4.69, 9.17) is 4.98 Å². The largest absolute Gasteiger partial charge is 0.341 e. The Labute approximate surface area is 191 Å². The van der Waals surface area contributed by atoms with Gasteiger partial charge in [-0.2, -0.15) is 10.2 Å². The summed E-state index contributed by atoms with van der Waals surface area (Å²) in [6.07, 6.45) is 8.92. The van der Waals surface area contributed by atoms with E-state index in [2.05, 4.69) is 39.4 Å². The quantitative estimate of drug-likeness (QED) is 0.485. The summed E-state index contributed by atoms with van der Waals surface area (Å²) >= 11 is 0. The lowest BCUT2D eigenvalue weighted by molar-refractivity contribution is -0.127. The van der Waals surface area contributed by atoms with Crippen molar-refractivity contribution in [2.45, 2.75) is 45.2 Å². The second-order valence-electron chi connectivity index (χ2n) is 8.76. The number of anilines is 2. The van der Waals surface area contributed by atoms with Crippen LogP contribution in [0.5, 0.6) is 0 Å². The summed E-state index contributed by atoms with van der Waals surface area (Å²) < 4.78 is 1.89. The number of rotatable bonds is 6. The molecule has 9 nitrogen and oxygen atoms in total. The molecule has 1 fully saturated rings. The van der Waals surface area contributed by atoms with Gasteiger partial charge in [-0.3, -0.25) is 14.5 Å². The molecule has 1 unspecified atom stereocenters. The number of pyridine rings is 2. The topological polar surface area (TPSA) is 102 Å². The Morgan fingerprint density at radius 2 is 1.97 bits per heavy atom. The highest BCUT2D eigenvalue weighted by Gasteiger charge is 2.27. The minimum atomic E-state index is 0.188. The first-order chi connectivity index (χ1) is 16.0. The highest BCUT2D eigenvalue weighted by Crippen LogP contribution is 2.25. The van der Waals surface area contributed by atoms with Gasteiger partial charge in [0, 0.05) is 37.0 Å². The molecular formula is C24H26N8O. The van der Waals surface area contributed by atoms with Crippen LogP contribution in [0.1, 0.15) is 38.2 Å². The molecule has 1 aliphatic heterocycles. The molecule has 0 saturated carbocycles. The molecule has 1 aliphatic rings. The van der Waals surface area contributed by atoms with Crippen LogP contribution in [0, 0.1) is 0 Å². The van der Waals surface area contributed by atoms with Gasteiger partial charge in [0.05, 0.1) is 36.0 Å². The Kier molecular flexibility index (Phi) is 5.45. The van der Waals surface area contributed by atoms with E-state index in [1.165, 1.54) is 0 Å². The second kappa shape index (κ2) is 8.57. The van der Waals surface area contributed by atoms with Gasteiger partial charge in [0.1, 0.15) is 5.82 Å². The molecule has 0 aliphatic carbocycles. The average Bonchev–Trinajstić information content (AvgIpc) is 3.41. The summed E-state index contributed by atoms with van der Waals surface area (Å²) in [5, 5.41) is 16.0. The summed E-state index contributed by atoms with van der Waals surface area (Å²) in [6, 6.07) is 8.01. The number of likely N-dealkylation sites (N-methyl/N-ethyl adjacent to an activating group) is 1. The van der Waals surface area contributed by atoms with E-state index in [9.17, 15) is 4.79 Å². The summed E-state index contributed by atoms with van der Waals surface area (Å²) in [7, 11) is 1.86. The number of hydrogen-bond acceptors (Lipinski definition) is 7. The highest BCUT2D eigenvalue weighted by atomic mass is 16.2. The number of likely N-dealkylation sites (tertiary alicyclic amines) is 1. The van der Waals surface area contributed by atoms with Gasteiger partial charge in [-0.15, -0.1) is 5.10 Å². The van der Waals surface area contributed by atoms with Crippen molar-refractivity contribution in [1.29, 1.82) is 0 Å². The molecular weight excluding hydrogens is 416 g/mol. The third-order valence-electron chi connectivity index (χ3n) is 6.13. The molecule has 4 aromatic rings. The van der Waals surface area contributed by atoms with Gasteiger partial charge in [-0.1, -0.05) is 13.8 Å². The van der Waals surface area contributed by atoms with Crippen LogP contribution < -0.4 is 5.32 Å². The molecule has 0 bridgehead atoms. The monoisotopic (exact) mass is 442 g/mol. The van der Waals surface area contributed by atoms with E-state index in [1.807, 2.05) is 59.5 Å². The van der Waals surface area contributed by atoms with Crippen LogP contribution in [0.25, 0.3) is 22.2 Å². The van der Waals surface area contributed by atoms with Crippen molar-refractivity contribution in [1.82, 2.24) is 34.8 Å². The van der Waals surface area contributed by atoms with Crippen molar-refractivity contribution in [2.24, 2.45) is 0 Å². The zero-order chi connectivity index (χ0) is 22.9. The molecule has 0 aromatic carbocycles. The molecule has 33 heavy (non-hydrogen) atoms. The van der Waals surface area contributed by atoms with Crippen molar-refractivity contribution < 1.29 is 4.79 Å². The van der Waals surface area contributed by atoms with Crippen LogP contribution in [0.2, 0.25) is 0 Å². The Morgan fingerprint density at radius 3 is 2.76 bits per heavy atom. The maximum atomic E-state index is 11.8. The standard InChI is InChI=1S/C24H26N8O/c1-15(2)16-9-23(30-26-11-16)29-22-6-5-20-21(28-22)8-17(10-25-20)18-12-27-32(13-18)14-19-4-7-24(33)31(19)3/h5-6,8-13,15,19H,4,7,14H2,1-3H3,(H,28,29,30). The van der Waals surface area contributed by atoms with Crippen LogP contribution in [-0.4, -0.2) is 53.8 Å². The Bertz CT molecular complexity index is 1310. The maximum Gasteiger partial charge on any atom is 0.222 e. The number of amides is 1. The van der Waals surface area contributed by atoms with E-state index < -0.39 is 0 Å². The summed E-state index contributed by atoms with van der Waals surface area (Å²) in [5.41, 5.74) is 4.61. The lowest BCUT2D eigenvalue weighted by atomic mass is 10.1. The van der Waals surface area contributed by atoms with Crippen molar-refractivity contribution in [3.63, 3.8) is 0 Å². The second-order valence-corrected chi connectivity index (χ2v) is 8.76. The smallest absolute Gasteiger partial charge is 0.222 e. The summed E-state index contributed by atoms with van der Waals surface area (Å²) in [6.45, 7) is 4.93. The molecule has 1 saturated heterocycles. The number of nitrogens with zero attached hydrogens (tertiary/aromatic N) is 7. The predicted molar refractivity (Wildman–Crippen MR) is 126 cm³/mol. The Morgan fingerprint density at radius 1 is 1.09 bits per heavy atom. The lowest BCUT2D eigenvalue weighted by Crippen LogP contribution is -2.32. The number of hydrogen-bond donors (Lipinski definition) is 1. The first-order valence-electron chi connectivity index (χ1n) is 11.1. The van der Waals surface area contributed by atoms with Crippen molar-refractivity contribution >= 4 is 28.6 Å². The molecule has 1 N–H and O–H groups in total. The van der Waals surface area contributed by atoms with E-state index in [0.29, 0.717) is 30.5 Å². The molecule has 0 radical (unpaired) electrons. The Balaban J connectivity index is 1.36. The third kappa shape index (κ3) is 4.39. The van der Waals surface area contributed by atoms with E-state index in [-0.39, 0.29) is 11.9 Å². The van der Waals surface area contributed by atoms with E-state index in [0.717, 1.165) is 34.1 Å². The van der Waals surface area contributed by atoms with Crippen molar-refractivity contribution in [2.75, 3.05) is 12.4 Å². The van der Waals surface area contributed by atoms with Gasteiger partial charge >= 0.3 is 0 Å². The maximum absolute atomic E-state index is 11.8. The first-order valence-corrected chi connectivity index (χ1v) is 11.1. The molecule has 0 spiro atoms. The number of nitrogens with one attached hydrogen (secondary N) is 1. The Hall–Kier alpha value is -3.88. The van der Waals surface area contributed by atoms with Crippen LogP contribution in [0.15, 0.2) is 49.1 Å². The average molecular weight is 443 g/mol. The predicted octanol–water partition coefficient (Wildman–Crippen LogP) is 3.77. The molecule has 168 valence electrons. The number of carbonyl (C=O) groups is 1. The van der Waals surface area contributed by atoms with Crippen LogP contribution in [0.4, 0.5) is 11.6 Å². The summed E-state index contributed by atoms with van der Waals surface area (Å²) in [5.74, 6) is 1.91. The first kappa shape index (κ1) is 21.0. The van der Waals surface area contributed by atoms with Gasteiger partial charge in [-0.25, -0.2) is 4.98 Å². The normalized spacial score (nSPS) is 16.2. The number of fused-ring (bicyclic) bond motifs is 1. The van der Waals surface area contributed by atoms with Crippen LogP contribution in [-0.2, 0) is 11.3 Å². The number of carbonyl (C=O) groups excluding carboxylic acids is 1. The zero-order valence-electron chi connectivity index (χ0n) is 18.9. The fourth-order valence-corrected chi connectivity index (χ4v) is 4.03. The molecule has 5 heterocycles. The molecule has 5 rings (SSSR count). The molecule has 1 amide bonds.